The molecular weight excluding hydrogens is 120 g/mol. The third kappa shape index (κ3) is 0.746. The van der Waals surface area contributed by atoms with Crippen LogP contribution in [0.15, 0.2) is 18.0 Å². The summed E-state index contributed by atoms with van der Waals surface area (Å²) in [5.74, 6) is 0.324. The zero-order valence-corrected chi connectivity index (χ0v) is 5.11. The van der Waals surface area contributed by atoms with Crippen molar-refractivity contribution < 1.29 is 5.11 Å². The monoisotopic (exact) mass is 126 g/mol. The minimum atomic E-state index is 0.324. The Morgan fingerprint density at radius 2 is 2.50 bits per heavy atom. The summed E-state index contributed by atoms with van der Waals surface area (Å²) >= 11 is 1.48. The summed E-state index contributed by atoms with van der Waals surface area (Å²) < 4.78 is 0. The molecule has 0 radical (unpaired) electrons. The lowest BCUT2D eigenvalue weighted by atomic mass is 10.4. The molecule has 1 rings (SSSR count). The van der Waals surface area contributed by atoms with E-state index in [9.17, 15) is 0 Å². The zero-order chi connectivity index (χ0) is 5.98. The first-order chi connectivity index (χ1) is 3.84. The predicted molar refractivity (Wildman–Crippen MR) is 36.1 cm³/mol. The van der Waals surface area contributed by atoms with Gasteiger partial charge in [-0.05, 0) is 17.5 Å². The predicted octanol–water partition coefficient (Wildman–Crippen LogP) is 2.10. The molecule has 8 heavy (non-hydrogen) atoms. The highest BCUT2D eigenvalue weighted by Gasteiger charge is 1.93. The fourth-order valence-corrected chi connectivity index (χ4v) is 1.10. The van der Waals surface area contributed by atoms with Crippen LogP contribution in [0.1, 0.15) is 4.88 Å². The number of thiophene rings is 1. The third-order valence-corrected chi connectivity index (χ3v) is 1.76. The van der Waals surface area contributed by atoms with E-state index in [1.165, 1.54) is 11.3 Å². The van der Waals surface area contributed by atoms with Crippen LogP contribution >= 0.6 is 11.3 Å². The first kappa shape index (κ1) is 5.38. The third-order valence-electron chi connectivity index (χ3n) is 0.859. The molecule has 1 aromatic rings. The second-order valence-corrected chi connectivity index (χ2v) is 2.32. The van der Waals surface area contributed by atoms with Gasteiger partial charge in [0.15, 0.2) is 0 Å². The fraction of sp³-hybridized carbons (Fsp3) is 0. The van der Waals surface area contributed by atoms with Crippen LogP contribution in [0.3, 0.4) is 0 Å². The van der Waals surface area contributed by atoms with Gasteiger partial charge in [0.1, 0.15) is 5.75 Å². The number of hydrogen-bond donors (Lipinski definition) is 1. The Labute approximate surface area is 51.9 Å². The molecule has 0 aliphatic rings. The summed E-state index contributed by atoms with van der Waals surface area (Å²) in [4.78, 5) is 0.838. The van der Waals surface area contributed by atoms with Gasteiger partial charge >= 0.3 is 0 Å². The Kier molecular flexibility index (Phi) is 1.35. The highest BCUT2D eigenvalue weighted by atomic mass is 32.1. The summed E-state index contributed by atoms with van der Waals surface area (Å²) in [6, 6.07) is 1.65. The van der Waals surface area contributed by atoms with E-state index in [0.717, 1.165) is 4.88 Å². The van der Waals surface area contributed by atoms with Gasteiger partial charge in [-0.1, -0.05) is 6.58 Å². The van der Waals surface area contributed by atoms with Crippen LogP contribution in [0.25, 0.3) is 6.08 Å². The molecule has 0 unspecified atom stereocenters. The van der Waals surface area contributed by atoms with E-state index in [4.69, 9.17) is 5.11 Å². The van der Waals surface area contributed by atoms with Gasteiger partial charge in [-0.25, -0.2) is 0 Å². The number of hydrogen-bond acceptors (Lipinski definition) is 2. The Bertz CT molecular complexity index is 190. The van der Waals surface area contributed by atoms with Crippen LogP contribution in [0, 0.1) is 0 Å². The van der Waals surface area contributed by atoms with E-state index in [1.54, 1.807) is 12.1 Å². The SMILES string of the molecule is C=Cc1sccc1O. The maximum atomic E-state index is 8.89. The molecule has 0 saturated heterocycles. The molecule has 0 atom stereocenters. The molecule has 1 heterocycles. The van der Waals surface area contributed by atoms with Crippen molar-refractivity contribution >= 4 is 17.4 Å². The van der Waals surface area contributed by atoms with Gasteiger partial charge in [0.25, 0.3) is 0 Å². The van der Waals surface area contributed by atoms with E-state index >= 15 is 0 Å². The van der Waals surface area contributed by atoms with Crippen molar-refractivity contribution in [2.24, 2.45) is 0 Å². The first-order valence-electron chi connectivity index (χ1n) is 2.23. The van der Waals surface area contributed by atoms with Gasteiger partial charge in [-0.15, -0.1) is 11.3 Å². The van der Waals surface area contributed by atoms with Crippen molar-refractivity contribution in [2.45, 2.75) is 0 Å². The normalized spacial score (nSPS) is 9.00. The molecule has 0 aromatic carbocycles. The van der Waals surface area contributed by atoms with Crippen molar-refractivity contribution in [2.75, 3.05) is 0 Å². The Morgan fingerprint density at radius 1 is 1.75 bits per heavy atom. The van der Waals surface area contributed by atoms with Gasteiger partial charge in [0.2, 0.25) is 0 Å². The lowest BCUT2D eigenvalue weighted by molar-refractivity contribution is 0.477. The highest BCUT2D eigenvalue weighted by molar-refractivity contribution is 7.11. The largest absolute Gasteiger partial charge is 0.506 e. The van der Waals surface area contributed by atoms with Crippen molar-refractivity contribution in [1.29, 1.82) is 0 Å². The average Bonchev–Trinajstić information content (AvgIpc) is 2.14. The second kappa shape index (κ2) is 2.01. The Morgan fingerprint density at radius 3 is 2.75 bits per heavy atom. The standard InChI is InChI=1S/C6H6OS/c1-2-6-5(7)3-4-8-6/h2-4,7H,1H2. The maximum Gasteiger partial charge on any atom is 0.133 e. The molecule has 1 aromatic heterocycles. The van der Waals surface area contributed by atoms with Crippen LogP contribution in [-0.2, 0) is 0 Å². The summed E-state index contributed by atoms with van der Waals surface area (Å²) in [5.41, 5.74) is 0. The Hall–Kier alpha value is -0.760. The Balaban J connectivity index is 3.09. The van der Waals surface area contributed by atoms with E-state index in [-0.39, 0.29) is 0 Å². The van der Waals surface area contributed by atoms with Crippen LogP contribution in [0.4, 0.5) is 0 Å². The molecular formula is C6H6OS. The number of aromatic hydroxyl groups is 1. The molecule has 0 fully saturated rings. The van der Waals surface area contributed by atoms with E-state index in [0.29, 0.717) is 5.75 Å². The quantitative estimate of drug-likeness (QED) is 0.611. The summed E-state index contributed by atoms with van der Waals surface area (Å²) in [6.45, 7) is 3.51. The average molecular weight is 126 g/mol. The summed E-state index contributed by atoms with van der Waals surface area (Å²) in [5, 5.41) is 10.7. The van der Waals surface area contributed by atoms with Crippen molar-refractivity contribution in [3.8, 4) is 5.75 Å². The molecule has 0 bridgehead atoms. The smallest absolute Gasteiger partial charge is 0.133 e. The molecule has 0 spiro atoms. The molecule has 0 aliphatic carbocycles. The van der Waals surface area contributed by atoms with E-state index in [1.807, 2.05) is 5.38 Å². The van der Waals surface area contributed by atoms with Crippen molar-refractivity contribution in [3.63, 3.8) is 0 Å². The molecule has 0 amide bonds. The van der Waals surface area contributed by atoms with Crippen LogP contribution in [-0.4, -0.2) is 5.11 Å². The molecule has 1 nitrogen and oxygen atoms in total. The van der Waals surface area contributed by atoms with Crippen LogP contribution in [0.2, 0.25) is 0 Å². The lowest BCUT2D eigenvalue weighted by Crippen LogP contribution is -1.55. The van der Waals surface area contributed by atoms with Gasteiger partial charge in [-0.2, -0.15) is 0 Å². The zero-order valence-electron chi connectivity index (χ0n) is 4.29. The second-order valence-electron chi connectivity index (χ2n) is 1.37. The minimum absolute atomic E-state index is 0.324. The van der Waals surface area contributed by atoms with Gasteiger partial charge in [-0.3, -0.25) is 0 Å². The van der Waals surface area contributed by atoms with Gasteiger partial charge in [0, 0.05) is 0 Å². The molecule has 0 saturated carbocycles. The van der Waals surface area contributed by atoms with Crippen molar-refractivity contribution in [1.82, 2.24) is 0 Å². The highest BCUT2D eigenvalue weighted by Crippen LogP contribution is 2.23. The van der Waals surface area contributed by atoms with E-state index in [2.05, 4.69) is 6.58 Å². The van der Waals surface area contributed by atoms with E-state index < -0.39 is 0 Å². The minimum Gasteiger partial charge on any atom is -0.506 e. The molecule has 0 aliphatic heterocycles. The van der Waals surface area contributed by atoms with Crippen molar-refractivity contribution in [3.05, 3.63) is 22.9 Å². The summed E-state index contributed by atoms with van der Waals surface area (Å²) in [6.07, 6.45) is 1.64. The lowest BCUT2D eigenvalue weighted by Gasteiger charge is -1.82. The molecule has 42 valence electrons. The summed E-state index contributed by atoms with van der Waals surface area (Å²) in [7, 11) is 0. The first-order valence-corrected chi connectivity index (χ1v) is 3.11. The topological polar surface area (TPSA) is 20.2 Å². The molecule has 1 N–H and O–H groups in total. The van der Waals surface area contributed by atoms with Gasteiger partial charge in [0.05, 0.1) is 4.88 Å². The molecule has 2 heteroatoms. The number of rotatable bonds is 1. The van der Waals surface area contributed by atoms with Crippen LogP contribution < -0.4 is 0 Å². The van der Waals surface area contributed by atoms with Gasteiger partial charge < -0.3 is 5.11 Å². The van der Waals surface area contributed by atoms with Crippen LogP contribution in [0.5, 0.6) is 5.75 Å². The fourth-order valence-electron chi connectivity index (χ4n) is 0.467. The maximum absolute atomic E-state index is 8.89.